The minimum atomic E-state index is -5.08. The van der Waals surface area contributed by atoms with Gasteiger partial charge in [-0.2, -0.15) is 13.2 Å². The minimum Gasteiger partial charge on any atom is -0.481 e. The van der Waals surface area contributed by atoms with Gasteiger partial charge in [-0.3, -0.25) is 4.98 Å². The van der Waals surface area contributed by atoms with Gasteiger partial charge in [0, 0.05) is 32.1 Å². The highest BCUT2D eigenvalue weighted by atomic mass is 19.4. The molecule has 2 aromatic heterocycles. The molecule has 9 nitrogen and oxygen atoms in total. The molecule has 0 spiro atoms. The molecule has 3 heterocycles. The Morgan fingerprint density at radius 1 is 1.28 bits per heavy atom. The molecular weight excluding hydrogens is 433 g/mol. The van der Waals surface area contributed by atoms with Crippen molar-refractivity contribution in [2.75, 3.05) is 38.9 Å². The molecule has 1 aliphatic heterocycles. The van der Waals surface area contributed by atoms with Gasteiger partial charge in [0.1, 0.15) is 12.1 Å². The lowest BCUT2D eigenvalue weighted by atomic mass is 10.0. The molecule has 0 aliphatic carbocycles. The molecule has 1 saturated heterocycles. The number of aromatic nitrogens is 3. The van der Waals surface area contributed by atoms with Crippen LogP contribution in [0.4, 0.5) is 19.0 Å². The van der Waals surface area contributed by atoms with Crippen LogP contribution in [-0.4, -0.2) is 78.3 Å². The number of halogens is 3. The summed E-state index contributed by atoms with van der Waals surface area (Å²) in [6.45, 7) is 2.06. The number of aliphatic carboxylic acids is 1. The Labute approximate surface area is 183 Å². The summed E-state index contributed by atoms with van der Waals surface area (Å²) in [7, 11) is 3.30. The summed E-state index contributed by atoms with van der Waals surface area (Å²) in [5, 5.41) is 7.12. The molecule has 0 radical (unpaired) electrons. The van der Waals surface area contributed by atoms with Crippen molar-refractivity contribution in [2.45, 2.75) is 31.2 Å². The van der Waals surface area contributed by atoms with Crippen LogP contribution >= 0.6 is 0 Å². The molecule has 0 amide bonds. The smallest absolute Gasteiger partial charge is 0.481 e. The first kappa shape index (κ1) is 25.3. The highest BCUT2D eigenvalue weighted by Crippen LogP contribution is 2.29. The van der Waals surface area contributed by atoms with E-state index in [-0.39, 0.29) is 12.1 Å². The van der Waals surface area contributed by atoms with Gasteiger partial charge >= 0.3 is 12.1 Å². The third-order valence-corrected chi connectivity index (χ3v) is 4.64. The van der Waals surface area contributed by atoms with Gasteiger partial charge in [0.2, 0.25) is 5.88 Å². The third-order valence-electron chi connectivity index (χ3n) is 4.64. The van der Waals surface area contributed by atoms with E-state index >= 15 is 0 Å². The first-order valence-electron chi connectivity index (χ1n) is 9.68. The number of methoxy groups -OCH3 is 2. The maximum absolute atomic E-state index is 10.6. The van der Waals surface area contributed by atoms with Crippen molar-refractivity contribution in [3.8, 4) is 5.88 Å². The van der Waals surface area contributed by atoms with Crippen LogP contribution in [-0.2, 0) is 20.7 Å². The average molecular weight is 458 g/mol. The Morgan fingerprint density at radius 2 is 2.03 bits per heavy atom. The van der Waals surface area contributed by atoms with Crippen molar-refractivity contribution in [3.63, 3.8) is 0 Å². The quantitative estimate of drug-likeness (QED) is 0.597. The number of anilines is 1. The van der Waals surface area contributed by atoms with Gasteiger partial charge in [0.05, 0.1) is 32.5 Å². The van der Waals surface area contributed by atoms with E-state index in [9.17, 15) is 13.2 Å². The number of nitrogens with zero attached hydrogens (tertiary/aromatic N) is 4. The number of hydrogen-bond donors (Lipinski definition) is 1. The third kappa shape index (κ3) is 7.61. The lowest BCUT2D eigenvalue weighted by Crippen LogP contribution is -2.39. The molecular formula is C20H25F3N4O5. The number of carboxylic acids is 1. The standard InChI is InChI=1S/C18H24N4O3.C2HF3O2/c1-23-8-9-25-16-5-7-22(17-11-18(24-2)21-13-20-17)15(16)10-14-4-3-6-19-12-14;3-2(4,5)1(6)7/h3-4,6,11-13,15-16H,5,7-10H2,1-2H3;(H,6,7)/t15-,16-;/m0./s1. The van der Waals surface area contributed by atoms with Crippen molar-refractivity contribution in [1.29, 1.82) is 0 Å². The van der Waals surface area contributed by atoms with Crippen molar-refractivity contribution in [2.24, 2.45) is 0 Å². The van der Waals surface area contributed by atoms with Gasteiger partial charge in [-0.05, 0) is 24.5 Å². The maximum Gasteiger partial charge on any atom is 0.490 e. The predicted octanol–water partition coefficient (Wildman–Crippen LogP) is 2.37. The van der Waals surface area contributed by atoms with Crippen LogP contribution in [0.15, 0.2) is 36.9 Å². The van der Waals surface area contributed by atoms with Crippen LogP contribution in [0, 0.1) is 0 Å². The summed E-state index contributed by atoms with van der Waals surface area (Å²) in [5.74, 6) is -1.33. The topological polar surface area (TPSA) is 107 Å². The fourth-order valence-electron chi connectivity index (χ4n) is 3.19. The number of carbonyl (C=O) groups is 1. The number of ether oxygens (including phenoxy) is 3. The molecule has 0 bridgehead atoms. The zero-order chi connectivity index (χ0) is 23.6. The first-order valence-corrected chi connectivity index (χ1v) is 9.68. The number of carboxylic acid groups (broad SMARTS) is 1. The molecule has 0 saturated carbocycles. The lowest BCUT2D eigenvalue weighted by Gasteiger charge is -2.29. The highest BCUT2D eigenvalue weighted by Gasteiger charge is 2.38. The van der Waals surface area contributed by atoms with Gasteiger partial charge in [-0.15, -0.1) is 0 Å². The molecule has 3 rings (SSSR count). The molecule has 0 unspecified atom stereocenters. The van der Waals surface area contributed by atoms with Gasteiger partial charge < -0.3 is 24.2 Å². The summed E-state index contributed by atoms with van der Waals surface area (Å²) in [6, 6.07) is 6.10. The summed E-state index contributed by atoms with van der Waals surface area (Å²) >= 11 is 0. The number of pyridine rings is 1. The van der Waals surface area contributed by atoms with Crippen LogP contribution in [0.5, 0.6) is 5.88 Å². The van der Waals surface area contributed by atoms with Crippen molar-refractivity contribution >= 4 is 11.8 Å². The summed E-state index contributed by atoms with van der Waals surface area (Å²) in [5.41, 5.74) is 1.18. The Kier molecular flexibility index (Phi) is 9.60. The normalized spacial score (nSPS) is 18.1. The molecule has 2 aromatic rings. The molecule has 176 valence electrons. The van der Waals surface area contributed by atoms with Gasteiger partial charge in [-0.25, -0.2) is 14.8 Å². The average Bonchev–Trinajstić information content (AvgIpc) is 3.17. The van der Waals surface area contributed by atoms with Crippen molar-refractivity contribution in [3.05, 3.63) is 42.5 Å². The fourth-order valence-corrected chi connectivity index (χ4v) is 3.19. The highest BCUT2D eigenvalue weighted by molar-refractivity contribution is 5.73. The Balaban J connectivity index is 0.000000451. The SMILES string of the molecule is COCCO[C@H]1CCN(c2cc(OC)ncn2)[C@H]1Cc1cccnc1.O=C(O)C(F)(F)F. The largest absolute Gasteiger partial charge is 0.490 e. The summed E-state index contributed by atoms with van der Waals surface area (Å²) < 4.78 is 48.2. The second-order valence-corrected chi connectivity index (χ2v) is 6.74. The number of rotatable bonds is 8. The fraction of sp³-hybridized carbons (Fsp3) is 0.500. The molecule has 1 fully saturated rings. The van der Waals surface area contributed by atoms with Gasteiger partial charge in [0.25, 0.3) is 0 Å². The van der Waals surface area contributed by atoms with E-state index in [0.29, 0.717) is 19.1 Å². The Hall–Kier alpha value is -2.99. The second-order valence-electron chi connectivity index (χ2n) is 6.74. The second kappa shape index (κ2) is 12.2. The maximum atomic E-state index is 10.6. The first-order chi connectivity index (χ1) is 15.3. The van der Waals surface area contributed by atoms with Crippen molar-refractivity contribution < 1.29 is 37.3 Å². The Morgan fingerprint density at radius 3 is 2.62 bits per heavy atom. The molecule has 1 N–H and O–H groups in total. The van der Waals surface area contributed by atoms with E-state index in [1.165, 1.54) is 11.9 Å². The lowest BCUT2D eigenvalue weighted by molar-refractivity contribution is -0.192. The number of hydrogen-bond acceptors (Lipinski definition) is 8. The van der Waals surface area contributed by atoms with Gasteiger partial charge in [-0.1, -0.05) is 6.07 Å². The van der Waals surface area contributed by atoms with E-state index in [4.69, 9.17) is 24.1 Å². The molecule has 1 aliphatic rings. The van der Waals surface area contributed by atoms with E-state index < -0.39 is 12.1 Å². The van der Waals surface area contributed by atoms with E-state index in [1.54, 1.807) is 20.4 Å². The minimum absolute atomic E-state index is 0.122. The van der Waals surface area contributed by atoms with E-state index in [1.807, 2.05) is 18.3 Å². The van der Waals surface area contributed by atoms with Crippen LogP contribution in [0.2, 0.25) is 0 Å². The monoisotopic (exact) mass is 458 g/mol. The van der Waals surface area contributed by atoms with E-state index in [0.717, 1.165) is 25.2 Å². The predicted molar refractivity (Wildman–Crippen MR) is 108 cm³/mol. The molecule has 2 atom stereocenters. The molecule has 0 aromatic carbocycles. The zero-order valence-corrected chi connectivity index (χ0v) is 17.7. The van der Waals surface area contributed by atoms with Gasteiger partial charge in [0.15, 0.2) is 0 Å². The van der Waals surface area contributed by atoms with Crippen molar-refractivity contribution in [1.82, 2.24) is 15.0 Å². The van der Waals surface area contributed by atoms with Crippen LogP contribution in [0.3, 0.4) is 0 Å². The van der Waals surface area contributed by atoms with E-state index in [2.05, 4.69) is 25.9 Å². The summed E-state index contributed by atoms with van der Waals surface area (Å²) in [4.78, 5) is 23.9. The Bertz CT molecular complexity index is 841. The van der Waals surface area contributed by atoms with Crippen LogP contribution < -0.4 is 9.64 Å². The summed E-state index contributed by atoms with van der Waals surface area (Å²) in [6.07, 6.45) is 2.06. The van der Waals surface area contributed by atoms with Crippen LogP contribution in [0.25, 0.3) is 0 Å². The molecule has 12 heteroatoms. The van der Waals surface area contributed by atoms with Crippen LogP contribution in [0.1, 0.15) is 12.0 Å². The molecule has 32 heavy (non-hydrogen) atoms. The zero-order valence-electron chi connectivity index (χ0n) is 17.7. The number of alkyl halides is 3.